The molecule has 0 spiro atoms. The van der Waals surface area contributed by atoms with Gasteiger partial charge < -0.3 is 11.1 Å². The van der Waals surface area contributed by atoms with Crippen LogP contribution in [-0.2, 0) is 5.41 Å². The Morgan fingerprint density at radius 3 is 2.27 bits per heavy atom. The summed E-state index contributed by atoms with van der Waals surface area (Å²) in [4.78, 5) is 0. The van der Waals surface area contributed by atoms with Crippen LogP contribution >= 0.6 is 0 Å². The number of nitrogens with zero attached hydrogens (tertiary/aromatic N) is 3. The molecule has 0 aromatic heterocycles. The molecule has 0 radical (unpaired) electrons. The Morgan fingerprint density at radius 1 is 1.18 bits per heavy atom. The molecule has 3 N–H and O–H groups in total. The van der Waals surface area contributed by atoms with Crippen molar-refractivity contribution in [2.24, 2.45) is 21.2 Å². The molecule has 2 fully saturated rings. The summed E-state index contributed by atoms with van der Waals surface area (Å²) in [5.41, 5.74) is 8.51. The van der Waals surface area contributed by atoms with Gasteiger partial charge in [-0.3, -0.25) is 0 Å². The second kappa shape index (κ2) is 5.47. The van der Waals surface area contributed by atoms with Crippen molar-refractivity contribution in [1.29, 1.82) is 0 Å². The smallest absolute Gasteiger partial charge is 0.134 e. The predicted octanol–water partition coefficient (Wildman–Crippen LogP) is 2.93. The van der Waals surface area contributed by atoms with E-state index in [0.717, 1.165) is 25.9 Å². The van der Waals surface area contributed by atoms with Crippen molar-refractivity contribution in [2.45, 2.75) is 50.5 Å². The molecule has 0 amide bonds. The highest BCUT2D eigenvalue weighted by Crippen LogP contribution is 2.48. The zero-order chi connectivity index (χ0) is 15.8. The van der Waals surface area contributed by atoms with E-state index in [9.17, 15) is 0 Å². The van der Waals surface area contributed by atoms with E-state index >= 15 is 0 Å². The Kier molecular flexibility index (Phi) is 3.77. The molecule has 3 rings (SSSR count). The van der Waals surface area contributed by atoms with Gasteiger partial charge in [-0.1, -0.05) is 24.3 Å². The summed E-state index contributed by atoms with van der Waals surface area (Å²) in [5, 5.41) is 15.5. The predicted molar refractivity (Wildman–Crippen MR) is 89.2 cm³/mol. The van der Waals surface area contributed by atoms with Crippen molar-refractivity contribution in [1.82, 2.24) is 5.32 Å². The van der Waals surface area contributed by atoms with Gasteiger partial charge in [0.05, 0.1) is 11.0 Å². The first-order valence-electron chi connectivity index (χ1n) is 7.98. The van der Waals surface area contributed by atoms with Crippen molar-refractivity contribution < 1.29 is 0 Å². The van der Waals surface area contributed by atoms with Gasteiger partial charge in [0.2, 0.25) is 0 Å². The van der Waals surface area contributed by atoms with Gasteiger partial charge in [0, 0.05) is 19.0 Å². The molecule has 0 bridgehead atoms. The Labute approximate surface area is 132 Å². The molecule has 1 saturated carbocycles. The molecule has 118 valence electrons. The normalized spacial score (nSPS) is 21.9. The summed E-state index contributed by atoms with van der Waals surface area (Å²) in [6, 6.07) is 8.85. The molecule has 1 aromatic carbocycles. The third kappa shape index (κ3) is 3.04. The fourth-order valence-corrected chi connectivity index (χ4v) is 2.72. The minimum atomic E-state index is -0.223. The van der Waals surface area contributed by atoms with E-state index in [0.29, 0.717) is 11.8 Å². The SMILES string of the molecule is CC(C)(C)N=N/N=C(\N)C1(c2ccc(C3CNC3)cc2)CC1. The van der Waals surface area contributed by atoms with E-state index in [1.54, 1.807) is 0 Å². The number of benzene rings is 1. The second-order valence-electron chi connectivity index (χ2n) is 7.40. The van der Waals surface area contributed by atoms with Crippen molar-refractivity contribution in [3.05, 3.63) is 35.4 Å². The maximum atomic E-state index is 6.20. The molecule has 1 aliphatic carbocycles. The van der Waals surface area contributed by atoms with Crippen LogP contribution in [0.15, 0.2) is 39.7 Å². The van der Waals surface area contributed by atoms with E-state index < -0.39 is 0 Å². The van der Waals surface area contributed by atoms with Crippen molar-refractivity contribution in [2.75, 3.05) is 13.1 Å². The Hall–Kier alpha value is -1.75. The molecule has 5 nitrogen and oxygen atoms in total. The zero-order valence-electron chi connectivity index (χ0n) is 13.6. The van der Waals surface area contributed by atoms with Crippen molar-refractivity contribution >= 4 is 5.84 Å². The van der Waals surface area contributed by atoms with Crippen LogP contribution in [0.2, 0.25) is 0 Å². The fraction of sp³-hybridized carbons (Fsp3) is 0.588. The van der Waals surface area contributed by atoms with Gasteiger partial charge in [-0.25, -0.2) is 0 Å². The quantitative estimate of drug-likeness (QED) is 0.388. The lowest BCUT2D eigenvalue weighted by molar-refractivity contribution is 0.448. The third-order valence-corrected chi connectivity index (χ3v) is 4.45. The standard InChI is InChI=1S/C17H25N5/c1-16(2,3)21-22-20-15(18)17(8-9-17)14-6-4-12(5-7-14)13-10-19-11-13/h4-7,13,19H,8-11H2,1-3H3,(H2,18,20,21). The topological polar surface area (TPSA) is 75.1 Å². The number of hydrogen-bond donors (Lipinski definition) is 2. The van der Waals surface area contributed by atoms with E-state index in [4.69, 9.17) is 5.73 Å². The number of rotatable bonds is 4. The first-order valence-corrected chi connectivity index (χ1v) is 7.98. The zero-order valence-corrected chi connectivity index (χ0v) is 13.6. The van der Waals surface area contributed by atoms with E-state index in [1.807, 2.05) is 20.8 Å². The second-order valence-corrected chi connectivity index (χ2v) is 7.40. The molecular weight excluding hydrogens is 274 g/mol. The number of amidine groups is 1. The average Bonchev–Trinajstić information content (AvgIpc) is 3.17. The average molecular weight is 299 g/mol. The maximum Gasteiger partial charge on any atom is 0.134 e. The molecule has 0 unspecified atom stereocenters. The van der Waals surface area contributed by atoms with E-state index in [-0.39, 0.29) is 11.0 Å². The van der Waals surface area contributed by atoms with E-state index in [1.165, 1.54) is 11.1 Å². The van der Waals surface area contributed by atoms with Crippen LogP contribution in [0.5, 0.6) is 0 Å². The van der Waals surface area contributed by atoms with Crippen LogP contribution in [0.3, 0.4) is 0 Å². The van der Waals surface area contributed by atoms with Gasteiger partial charge in [0.25, 0.3) is 0 Å². The Morgan fingerprint density at radius 2 is 1.82 bits per heavy atom. The minimum Gasteiger partial charge on any atom is -0.385 e. The number of hydrogen-bond acceptors (Lipinski definition) is 3. The van der Waals surface area contributed by atoms with Gasteiger partial charge >= 0.3 is 0 Å². The highest BCUT2D eigenvalue weighted by atomic mass is 15.4. The van der Waals surface area contributed by atoms with Crippen LogP contribution in [0.1, 0.15) is 50.7 Å². The lowest BCUT2D eigenvalue weighted by Crippen LogP contribution is -2.39. The van der Waals surface area contributed by atoms with Gasteiger partial charge in [-0.15, -0.1) is 5.10 Å². The molecule has 2 aliphatic rings. The van der Waals surface area contributed by atoms with E-state index in [2.05, 4.69) is 45.0 Å². The summed E-state index contributed by atoms with van der Waals surface area (Å²) in [5.74, 6) is 1.24. The largest absolute Gasteiger partial charge is 0.385 e. The fourth-order valence-electron chi connectivity index (χ4n) is 2.72. The van der Waals surface area contributed by atoms with Crippen LogP contribution in [0.25, 0.3) is 0 Å². The summed E-state index contributed by atoms with van der Waals surface area (Å²) < 4.78 is 0. The van der Waals surface area contributed by atoms with Gasteiger partial charge in [-0.2, -0.15) is 5.11 Å². The first-order chi connectivity index (χ1) is 10.4. The number of nitrogens with two attached hydrogens (primary N) is 1. The summed E-state index contributed by atoms with van der Waals surface area (Å²) in [6.45, 7) is 8.14. The summed E-state index contributed by atoms with van der Waals surface area (Å²) in [6.07, 6.45) is 2.08. The number of nitrogens with one attached hydrogen (secondary N) is 1. The monoisotopic (exact) mass is 299 g/mol. The molecule has 5 heteroatoms. The van der Waals surface area contributed by atoms with Crippen LogP contribution in [0, 0.1) is 0 Å². The first kappa shape index (κ1) is 15.2. The third-order valence-electron chi connectivity index (χ3n) is 4.45. The van der Waals surface area contributed by atoms with Crippen molar-refractivity contribution in [3.63, 3.8) is 0 Å². The molecule has 22 heavy (non-hydrogen) atoms. The summed E-state index contributed by atoms with van der Waals surface area (Å²) in [7, 11) is 0. The van der Waals surface area contributed by atoms with Gasteiger partial charge in [0.1, 0.15) is 5.84 Å². The summed E-state index contributed by atoms with van der Waals surface area (Å²) >= 11 is 0. The highest BCUT2D eigenvalue weighted by molar-refractivity contribution is 5.94. The molecule has 0 atom stereocenters. The molecule has 1 heterocycles. The molecule has 1 saturated heterocycles. The molecule has 1 aromatic rings. The van der Waals surface area contributed by atoms with Crippen molar-refractivity contribution in [3.8, 4) is 0 Å². The van der Waals surface area contributed by atoms with Gasteiger partial charge in [-0.05, 0) is 50.0 Å². The Bertz CT molecular complexity index is 586. The molecular formula is C17H25N5. The minimum absolute atomic E-state index is 0.118. The Balaban J connectivity index is 1.75. The maximum absolute atomic E-state index is 6.20. The lowest BCUT2D eigenvalue weighted by atomic mass is 9.89. The highest BCUT2D eigenvalue weighted by Gasteiger charge is 2.48. The molecule has 1 aliphatic heterocycles. The van der Waals surface area contributed by atoms with Crippen LogP contribution in [-0.4, -0.2) is 24.5 Å². The van der Waals surface area contributed by atoms with Crippen LogP contribution in [0.4, 0.5) is 0 Å². The lowest BCUT2D eigenvalue weighted by Gasteiger charge is -2.28. The van der Waals surface area contributed by atoms with Gasteiger partial charge in [0.15, 0.2) is 0 Å². The van der Waals surface area contributed by atoms with Crippen LogP contribution < -0.4 is 11.1 Å².